The van der Waals surface area contributed by atoms with E-state index in [0.29, 0.717) is 55.3 Å². The number of esters is 2. The van der Waals surface area contributed by atoms with Crippen LogP contribution >= 0.6 is 0 Å². The molecular formula is C55H88O11. The minimum Gasteiger partial charge on any atom is -0.481 e. The van der Waals surface area contributed by atoms with E-state index in [1.807, 2.05) is 0 Å². The van der Waals surface area contributed by atoms with Crippen LogP contribution in [0.25, 0.3) is 0 Å². The minimum absolute atomic E-state index is 0.0302. The van der Waals surface area contributed by atoms with Crippen molar-refractivity contribution in [3.63, 3.8) is 0 Å². The molecule has 8 aliphatic carbocycles. The maximum absolute atomic E-state index is 14.2. The molecule has 0 aromatic heterocycles. The number of ether oxygens (including phenoxy) is 2. The third-order valence-corrected chi connectivity index (χ3v) is 21.8. The third-order valence-electron chi connectivity index (χ3n) is 21.8. The molecule has 374 valence electrons. The number of hydrogen-bond donors (Lipinski definition) is 4. The number of aliphatic hydroxyl groups excluding tert-OH is 3. The van der Waals surface area contributed by atoms with Gasteiger partial charge in [-0.15, -0.1) is 0 Å². The largest absolute Gasteiger partial charge is 0.481 e. The van der Waals surface area contributed by atoms with Gasteiger partial charge in [-0.1, -0.05) is 61.8 Å². The highest BCUT2D eigenvalue weighted by molar-refractivity contribution is 5.95. The van der Waals surface area contributed by atoms with Crippen LogP contribution in [0.15, 0.2) is 0 Å². The van der Waals surface area contributed by atoms with Crippen molar-refractivity contribution in [2.75, 3.05) is 7.11 Å². The Balaban J connectivity index is 0.000000198. The average Bonchev–Trinajstić information content (AvgIpc) is 3.78. The molecule has 22 atom stereocenters. The highest BCUT2D eigenvalue weighted by Gasteiger charge is 2.69. The molecule has 0 spiro atoms. The van der Waals surface area contributed by atoms with Crippen molar-refractivity contribution in [2.24, 2.45) is 105 Å². The van der Waals surface area contributed by atoms with E-state index in [1.54, 1.807) is 0 Å². The number of aliphatic hydroxyl groups is 3. The second kappa shape index (κ2) is 19.4. The van der Waals surface area contributed by atoms with E-state index in [0.717, 1.165) is 83.5 Å². The number of carboxylic acids is 1. The normalized spacial score (nSPS) is 47.8. The molecule has 0 saturated heterocycles. The number of aliphatic carboxylic acids is 1. The minimum atomic E-state index is -0.734. The van der Waals surface area contributed by atoms with Gasteiger partial charge >= 0.3 is 17.9 Å². The molecule has 8 fully saturated rings. The molecule has 8 aliphatic rings. The average molecular weight is 925 g/mol. The summed E-state index contributed by atoms with van der Waals surface area (Å²) in [6.45, 7) is 19.2. The molecular weight excluding hydrogens is 837 g/mol. The zero-order chi connectivity index (χ0) is 48.4. The van der Waals surface area contributed by atoms with Crippen LogP contribution in [0.5, 0.6) is 0 Å². The summed E-state index contributed by atoms with van der Waals surface area (Å²) in [5.74, 6) is 1.55. The Kier molecular flexibility index (Phi) is 15.2. The van der Waals surface area contributed by atoms with Gasteiger partial charge in [0.25, 0.3) is 0 Å². The van der Waals surface area contributed by atoms with Crippen LogP contribution < -0.4 is 0 Å². The highest BCUT2D eigenvalue weighted by atomic mass is 16.5. The van der Waals surface area contributed by atoms with E-state index in [9.17, 15) is 39.3 Å². The number of fused-ring (bicyclic) bond motifs is 10. The first-order valence-corrected chi connectivity index (χ1v) is 26.6. The van der Waals surface area contributed by atoms with E-state index in [-0.39, 0.29) is 117 Å². The summed E-state index contributed by atoms with van der Waals surface area (Å²) in [4.78, 5) is 62.7. The predicted molar refractivity (Wildman–Crippen MR) is 250 cm³/mol. The third kappa shape index (κ3) is 8.67. The molecule has 8 rings (SSSR count). The van der Waals surface area contributed by atoms with Crippen LogP contribution in [0, 0.1) is 105 Å². The van der Waals surface area contributed by atoms with Gasteiger partial charge in [-0.3, -0.25) is 24.0 Å². The van der Waals surface area contributed by atoms with Crippen LogP contribution in [0.3, 0.4) is 0 Å². The Morgan fingerprint density at radius 3 is 1.97 bits per heavy atom. The van der Waals surface area contributed by atoms with Gasteiger partial charge in [-0.25, -0.2) is 0 Å². The molecule has 6 unspecified atom stereocenters. The standard InChI is InChI=1S/C29H44O6.C26H44O5/c1-7-19-22-14-18(35-17(3)30)12-13-28(22,4)26-23(31)15-29(5)20(16(2)8-11-24(32)34-6)9-10-21(29)25(26)27(19)33;1-5-16-19-12-15(27)10-11-25(19,3)23-20(28)13-26(4)17(14(2)6-9-21(29)30)7-8-18(26)22(23)24(16)31/h16,18-22,25-26H,7-15H2,1-6H3;14-20,22-24,27-28,31H,5-13H2,1-4H3,(H,29,30)/t16-,18-,19-,20-,21?,22+,25?,26?,28+,29-;14-,15-,16-,17-,18?,19+,20+,22?,23?,24-,25+,26-/m11/s1. The van der Waals surface area contributed by atoms with Crippen molar-refractivity contribution >= 4 is 29.5 Å². The number of rotatable bonds is 11. The summed E-state index contributed by atoms with van der Waals surface area (Å²) in [6.07, 6.45) is 12.6. The second-order valence-corrected chi connectivity index (χ2v) is 24.8. The summed E-state index contributed by atoms with van der Waals surface area (Å²) in [5.41, 5.74) is -0.491. The monoisotopic (exact) mass is 925 g/mol. The molecule has 0 aromatic rings. The topological polar surface area (TPSA) is 185 Å². The van der Waals surface area contributed by atoms with Gasteiger partial charge in [-0.05, 0) is 177 Å². The van der Waals surface area contributed by atoms with Crippen molar-refractivity contribution in [2.45, 2.75) is 202 Å². The van der Waals surface area contributed by atoms with Gasteiger partial charge in [0.1, 0.15) is 17.7 Å². The quantitative estimate of drug-likeness (QED) is 0.145. The van der Waals surface area contributed by atoms with E-state index in [1.165, 1.54) is 14.0 Å². The number of carboxylic acid groups (broad SMARTS) is 1. The van der Waals surface area contributed by atoms with Crippen LogP contribution in [0.1, 0.15) is 178 Å². The number of ketones is 2. The maximum Gasteiger partial charge on any atom is 0.305 e. The van der Waals surface area contributed by atoms with Crippen LogP contribution in [-0.2, 0) is 33.4 Å². The first-order chi connectivity index (χ1) is 31.0. The van der Waals surface area contributed by atoms with Gasteiger partial charge in [0.15, 0.2) is 0 Å². The predicted octanol–water partition coefficient (Wildman–Crippen LogP) is 9.25. The van der Waals surface area contributed by atoms with E-state index in [2.05, 4.69) is 55.4 Å². The van der Waals surface area contributed by atoms with Crippen LogP contribution in [-0.4, -0.2) is 81.4 Å². The smallest absolute Gasteiger partial charge is 0.305 e. The fourth-order valence-electron chi connectivity index (χ4n) is 19.0. The lowest BCUT2D eigenvalue weighted by molar-refractivity contribution is -0.235. The zero-order valence-corrected chi connectivity index (χ0v) is 42.3. The summed E-state index contributed by atoms with van der Waals surface area (Å²) in [7, 11) is 1.42. The molecule has 0 amide bonds. The number of carbonyl (C=O) groups is 5. The lowest BCUT2D eigenvalue weighted by Crippen LogP contribution is -2.65. The van der Waals surface area contributed by atoms with Crippen molar-refractivity contribution in [3.8, 4) is 0 Å². The molecule has 8 saturated carbocycles. The molecule has 11 nitrogen and oxygen atoms in total. The molecule has 0 heterocycles. The number of methoxy groups -OCH3 is 1. The van der Waals surface area contributed by atoms with E-state index in [4.69, 9.17) is 14.6 Å². The van der Waals surface area contributed by atoms with Gasteiger partial charge in [0.05, 0.1) is 25.4 Å². The number of carbonyl (C=O) groups excluding carboxylic acids is 4. The first-order valence-electron chi connectivity index (χ1n) is 26.6. The Bertz CT molecular complexity index is 1810. The zero-order valence-electron chi connectivity index (χ0n) is 42.3. The lowest BCUT2D eigenvalue weighted by atomic mass is 9.40. The van der Waals surface area contributed by atoms with Crippen LogP contribution in [0.4, 0.5) is 0 Å². The molecule has 4 N–H and O–H groups in total. The van der Waals surface area contributed by atoms with Crippen LogP contribution in [0.2, 0.25) is 0 Å². The fraction of sp³-hybridized carbons (Fsp3) is 0.909. The molecule has 11 heteroatoms. The molecule has 0 radical (unpaired) electrons. The van der Waals surface area contributed by atoms with E-state index < -0.39 is 18.2 Å². The van der Waals surface area contributed by atoms with Crippen molar-refractivity contribution in [1.29, 1.82) is 0 Å². The SMILES string of the molecule is CC[C@H]1C(=O)C2C3CC[C@H]([C@H](C)CCC(=O)OC)[C@@]3(C)CC(=O)C2[C@@]2(C)CC[C@@H](OC(C)=O)C[C@@H]12.CC[C@H]1[C@@H](O)C2C3CC[C@H]([C@H](C)CCC(=O)O)[C@@]3(C)C[C@H](O)C2[C@@]2(C)CC[C@@H](O)C[C@@H]12. The lowest BCUT2D eigenvalue weighted by Gasteiger charge is -2.66. The number of hydrogen-bond acceptors (Lipinski definition) is 10. The summed E-state index contributed by atoms with van der Waals surface area (Å²) in [5, 5.41) is 42.9. The van der Waals surface area contributed by atoms with Gasteiger partial charge < -0.3 is 29.9 Å². The van der Waals surface area contributed by atoms with Crippen molar-refractivity contribution < 1.29 is 53.9 Å². The molecule has 0 aromatic carbocycles. The van der Waals surface area contributed by atoms with Gasteiger partial charge in [0, 0.05) is 43.9 Å². The molecule has 0 aliphatic heterocycles. The first kappa shape index (κ1) is 51.5. The molecule has 0 bridgehead atoms. The molecule has 66 heavy (non-hydrogen) atoms. The Labute approximate surface area is 396 Å². The van der Waals surface area contributed by atoms with E-state index >= 15 is 0 Å². The van der Waals surface area contributed by atoms with Gasteiger partial charge in [0.2, 0.25) is 0 Å². The van der Waals surface area contributed by atoms with Gasteiger partial charge in [-0.2, -0.15) is 0 Å². The van der Waals surface area contributed by atoms with Crippen molar-refractivity contribution in [1.82, 2.24) is 0 Å². The number of Topliss-reactive ketones (excluding diaryl/α,β-unsaturated/α-hetero) is 2. The Morgan fingerprint density at radius 1 is 0.742 bits per heavy atom. The summed E-state index contributed by atoms with van der Waals surface area (Å²) < 4.78 is 10.4. The maximum atomic E-state index is 14.2. The Hall–Kier alpha value is -2.37. The fourth-order valence-corrected chi connectivity index (χ4v) is 19.0. The summed E-state index contributed by atoms with van der Waals surface area (Å²) in [6, 6.07) is 0. The highest BCUT2D eigenvalue weighted by Crippen LogP contribution is 2.71. The van der Waals surface area contributed by atoms with Crippen molar-refractivity contribution in [3.05, 3.63) is 0 Å². The second-order valence-electron chi connectivity index (χ2n) is 24.8. The summed E-state index contributed by atoms with van der Waals surface area (Å²) >= 11 is 0. The Morgan fingerprint density at radius 2 is 1.36 bits per heavy atom.